The van der Waals surface area contributed by atoms with Crippen molar-refractivity contribution >= 4 is 5.91 Å². The number of rotatable bonds is 7. The molecule has 27 heavy (non-hydrogen) atoms. The van der Waals surface area contributed by atoms with Gasteiger partial charge in [-0.1, -0.05) is 12.1 Å². The van der Waals surface area contributed by atoms with E-state index in [0.29, 0.717) is 23.7 Å². The third kappa shape index (κ3) is 4.12. The van der Waals surface area contributed by atoms with Crippen LogP contribution in [0.2, 0.25) is 0 Å². The van der Waals surface area contributed by atoms with Crippen LogP contribution in [0.4, 0.5) is 0 Å². The van der Waals surface area contributed by atoms with Crippen molar-refractivity contribution in [2.24, 2.45) is 7.05 Å². The Morgan fingerprint density at radius 1 is 1.22 bits per heavy atom. The van der Waals surface area contributed by atoms with Gasteiger partial charge in [-0.05, 0) is 12.1 Å². The Labute approximate surface area is 157 Å². The number of ether oxygens (including phenoxy) is 1. The quantitative estimate of drug-likeness (QED) is 0.681. The Morgan fingerprint density at radius 3 is 2.74 bits per heavy atom. The zero-order chi connectivity index (χ0) is 19.2. The highest BCUT2D eigenvalue weighted by molar-refractivity contribution is 5.95. The summed E-state index contributed by atoms with van der Waals surface area (Å²) in [5, 5.41) is 9.38. The van der Waals surface area contributed by atoms with E-state index in [-0.39, 0.29) is 19.1 Å². The standard InChI is InChI=1S/C19H21N5O3/c1-23-9-8-20-16(23)13-24(10-11-25)19(26)15-5-3-4-14(12-15)17-18(27-2)22-7-6-21-17/h3-9,12,25H,10-11,13H2,1-2H3. The van der Waals surface area contributed by atoms with Crippen LogP contribution < -0.4 is 4.74 Å². The molecule has 140 valence electrons. The summed E-state index contributed by atoms with van der Waals surface area (Å²) < 4.78 is 7.10. The first-order valence-corrected chi connectivity index (χ1v) is 8.45. The van der Waals surface area contributed by atoms with Gasteiger partial charge in [0.05, 0.1) is 20.3 Å². The zero-order valence-electron chi connectivity index (χ0n) is 15.2. The van der Waals surface area contributed by atoms with Crippen molar-refractivity contribution in [1.29, 1.82) is 0 Å². The number of imidazole rings is 1. The van der Waals surface area contributed by atoms with Gasteiger partial charge >= 0.3 is 0 Å². The fourth-order valence-electron chi connectivity index (χ4n) is 2.75. The SMILES string of the molecule is COc1nccnc1-c1cccc(C(=O)N(CCO)Cc2nccn2C)c1. The van der Waals surface area contributed by atoms with Crippen LogP contribution in [0.1, 0.15) is 16.2 Å². The van der Waals surface area contributed by atoms with E-state index in [0.717, 1.165) is 11.4 Å². The number of aromatic nitrogens is 4. The molecule has 0 unspecified atom stereocenters. The number of aryl methyl sites for hydroxylation is 1. The van der Waals surface area contributed by atoms with Crippen molar-refractivity contribution in [2.75, 3.05) is 20.3 Å². The summed E-state index contributed by atoms with van der Waals surface area (Å²) in [6, 6.07) is 7.11. The summed E-state index contributed by atoms with van der Waals surface area (Å²) in [7, 11) is 3.39. The number of amides is 1. The number of hydrogen-bond acceptors (Lipinski definition) is 6. The minimum atomic E-state index is -0.197. The lowest BCUT2D eigenvalue weighted by Gasteiger charge is -2.22. The second-order valence-electron chi connectivity index (χ2n) is 5.90. The first kappa shape index (κ1) is 18.5. The lowest BCUT2D eigenvalue weighted by Crippen LogP contribution is -2.34. The van der Waals surface area contributed by atoms with Gasteiger partial charge in [-0.3, -0.25) is 4.79 Å². The molecule has 8 heteroatoms. The number of methoxy groups -OCH3 is 1. The number of carbonyl (C=O) groups is 1. The molecule has 0 saturated heterocycles. The van der Waals surface area contributed by atoms with Gasteiger partial charge in [-0.15, -0.1) is 0 Å². The predicted octanol–water partition coefficient (Wildman–Crippen LogP) is 1.52. The van der Waals surface area contributed by atoms with E-state index in [4.69, 9.17) is 4.74 Å². The van der Waals surface area contributed by atoms with Crippen LogP contribution in [-0.2, 0) is 13.6 Å². The summed E-state index contributed by atoms with van der Waals surface area (Å²) >= 11 is 0. The van der Waals surface area contributed by atoms with Crippen molar-refractivity contribution in [3.8, 4) is 17.1 Å². The summed E-state index contributed by atoms with van der Waals surface area (Å²) in [5.74, 6) is 0.933. The van der Waals surface area contributed by atoms with Gasteiger partial charge in [0, 0.05) is 49.5 Å². The average Bonchev–Trinajstić information content (AvgIpc) is 3.11. The summed E-state index contributed by atoms with van der Waals surface area (Å²) in [5.41, 5.74) is 1.78. The van der Waals surface area contributed by atoms with Gasteiger partial charge in [0.2, 0.25) is 5.88 Å². The molecule has 1 amide bonds. The molecule has 2 heterocycles. The van der Waals surface area contributed by atoms with Gasteiger partial charge < -0.3 is 19.3 Å². The third-order valence-corrected chi connectivity index (χ3v) is 4.15. The Balaban J connectivity index is 1.90. The Morgan fingerprint density at radius 2 is 2.04 bits per heavy atom. The maximum Gasteiger partial charge on any atom is 0.254 e. The first-order valence-electron chi connectivity index (χ1n) is 8.45. The molecule has 0 bridgehead atoms. The van der Waals surface area contributed by atoms with E-state index in [1.807, 2.05) is 23.9 Å². The van der Waals surface area contributed by atoms with Crippen LogP contribution in [0.15, 0.2) is 49.1 Å². The average molecular weight is 367 g/mol. The van der Waals surface area contributed by atoms with E-state index >= 15 is 0 Å². The van der Waals surface area contributed by atoms with Crippen molar-refractivity contribution in [1.82, 2.24) is 24.4 Å². The van der Waals surface area contributed by atoms with E-state index in [1.165, 1.54) is 7.11 Å². The van der Waals surface area contributed by atoms with E-state index in [9.17, 15) is 9.90 Å². The molecule has 2 aromatic heterocycles. The van der Waals surface area contributed by atoms with Gasteiger partial charge in [0.1, 0.15) is 11.5 Å². The molecule has 0 atom stereocenters. The lowest BCUT2D eigenvalue weighted by atomic mass is 10.1. The number of aliphatic hydroxyl groups is 1. The van der Waals surface area contributed by atoms with Crippen LogP contribution in [0.3, 0.4) is 0 Å². The Bertz CT molecular complexity index is 925. The molecule has 3 rings (SSSR count). The smallest absolute Gasteiger partial charge is 0.254 e. The van der Waals surface area contributed by atoms with Gasteiger partial charge in [-0.25, -0.2) is 15.0 Å². The van der Waals surface area contributed by atoms with Crippen molar-refractivity contribution < 1.29 is 14.6 Å². The first-order chi connectivity index (χ1) is 13.1. The second-order valence-corrected chi connectivity index (χ2v) is 5.90. The van der Waals surface area contributed by atoms with Gasteiger partial charge in [0.15, 0.2) is 0 Å². The normalized spacial score (nSPS) is 10.6. The van der Waals surface area contributed by atoms with Crippen molar-refractivity contribution in [2.45, 2.75) is 6.54 Å². The molecule has 0 radical (unpaired) electrons. The molecule has 8 nitrogen and oxygen atoms in total. The number of benzene rings is 1. The van der Waals surface area contributed by atoms with E-state index in [1.54, 1.807) is 41.7 Å². The van der Waals surface area contributed by atoms with Gasteiger partial charge in [-0.2, -0.15) is 0 Å². The highest BCUT2D eigenvalue weighted by atomic mass is 16.5. The zero-order valence-corrected chi connectivity index (χ0v) is 15.2. The fraction of sp³-hybridized carbons (Fsp3) is 0.263. The number of aliphatic hydroxyl groups excluding tert-OH is 1. The van der Waals surface area contributed by atoms with Gasteiger partial charge in [0.25, 0.3) is 5.91 Å². The highest BCUT2D eigenvalue weighted by Gasteiger charge is 2.19. The number of hydrogen-bond donors (Lipinski definition) is 1. The highest BCUT2D eigenvalue weighted by Crippen LogP contribution is 2.26. The number of nitrogens with zero attached hydrogens (tertiary/aromatic N) is 5. The molecule has 0 aliphatic carbocycles. The Hall–Kier alpha value is -3.26. The second kappa shape index (κ2) is 8.41. The topological polar surface area (TPSA) is 93.4 Å². The van der Waals surface area contributed by atoms with Crippen LogP contribution in [0, 0.1) is 0 Å². The van der Waals surface area contributed by atoms with Crippen LogP contribution in [0.5, 0.6) is 5.88 Å². The molecule has 1 aromatic carbocycles. The minimum Gasteiger partial charge on any atom is -0.479 e. The van der Waals surface area contributed by atoms with E-state index < -0.39 is 0 Å². The van der Waals surface area contributed by atoms with Crippen molar-refractivity contribution in [3.05, 3.63) is 60.4 Å². The molecule has 0 fully saturated rings. The van der Waals surface area contributed by atoms with Crippen molar-refractivity contribution in [3.63, 3.8) is 0 Å². The molecule has 0 aliphatic rings. The predicted molar refractivity (Wildman–Crippen MR) is 99.1 cm³/mol. The maximum atomic E-state index is 13.0. The molecular formula is C19H21N5O3. The molecule has 0 aliphatic heterocycles. The third-order valence-electron chi connectivity index (χ3n) is 4.15. The summed E-state index contributed by atoms with van der Waals surface area (Å²) in [4.78, 5) is 27.3. The Kier molecular flexibility index (Phi) is 5.77. The molecule has 0 spiro atoms. The maximum absolute atomic E-state index is 13.0. The fourth-order valence-corrected chi connectivity index (χ4v) is 2.75. The largest absolute Gasteiger partial charge is 0.479 e. The van der Waals surface area contributed by atoms with Crippen LogP contribution in [-0.4, -0.2) is 55.7 Å². The van der Waals surface area contributed by atoms with E-state index in [2.05, 4.69) is 15.0 Å². The lowest BCUT2D eigenvalue weighted by molar-refractivity contribution is 0.0701. The monoisotopic (exact) mass is 367 g/mol. The molecule has 1 N–H and O–H groups in total. The van der Waals surface area contributed by atoms with Crippen LogP contribution in [0.25, 0.3) is 11.3 Å². The van der Waals surface area contributed by atoms with Crippen LogP contribution >= 0.6 is 0 Å². The summed E-state index contributed by atoms with van der Waals surface area (Å²) in [6.45, 7) is 0.389. The molecule has 3 aromatic rings. The summed E-state index contributed by atoms with van der Waals surface area (Å²) in [6.07, 6.45) is 6.62. The molecular weight excluding hydrogens is 346 g/mol. The minimum absolute atomic E-state index is 0.131. The molecule has 0 saturated carbocycles. The number of carbonyl (C=O) groups excluding carboxylic acids is 1.